The van der Waals surface area contributed by atoms with Crippen LogP contribution in [0.5, 0.6) is 0 Å². The average molecular weight is 627 g/mol. The molecule has 5 rings (SSSR count). The van der Waals surface area contributed by atoms with E-state index in [2.05, 4.69) is 163 Å². The number of rotatable bonds is 10. The van der Waals surface area contributed by atoms with Gasteiger partial charge in [0, 0.05) is 46.7 Å². The third-order valence-electron chi connectivity index (χ3n) is 9.73. The largest absolute Gasteiger partial charge is 0.543 e. The summed E-state index contributed by atoms with van der Waals surface area (Å²) >= 11 is 0. The van der Waals surface area contributed by atoms with Crippen molar-refractivity contribution in [3.63, 3.8) is 0 Å². The lowest BCUT2D eigenvalue weighted by Gasteiger charge is -2.41. The van der Waals surface area contributed by atoms with E-state index in [9.17, 15) is 0 Å². The molecular weight excluding hydrogens is 566 g/mol. The summed E-state index contributed by atoms with van der Waals surface area (Å²) in [5.74, 6) is 2.55. The van der Waals surface area contributed by atoms with Gasteiger partial charge in [0.25, 0.3) is 0 Å². The molecule has 1 aliphatic rings. The molecule has 0 fully saturated rings. The summed E-state index contributed by atoms with van der Waals surface area (Å²) in [6, 6.07) is 9.63. The maximum absolute atomic E-state index is 5.46. The van der Waals surface area contributed by atoms with E-state index in [1.807, 2.05) is 0 Å². The fourth-order valence-corrected chi connectivity index (χ4v) is 7.04. The zero-order chi connectivity index (χ0) is 34.1. The van der Waals surface area contributed by atoms with Gasteiger partial charge in [-0.2, -0.15) is 0 Å². The van der Waals surface area contributed by atoms with E-state index in [4.69, 9.17) is 10.2 Å². The van der Waals surface area contributed by atoms with Crippen LogP contribution in [0.3, 0.4) is 0 Å². The van der Waals surface area contributed by atoms with Crippen molar-refractivity contribution >= 4 is 14.2 Å². The Morgan fingerprint density at radius 3 is 0.957 bits per heavy atom. The van der Waals surface area contributed by atoms with Gasteiger partial charge >= 0.3 is 14.2 Å². The Kier molecular flexibility index (Phi) is 9.35. The first kappa shape index (κ1) is 34.3. The van der Waals surface area contributed by atoms with Crippen LogP contribution in [0.25, 0.3) is 0 Å². The minimum atomic E-state index is -0.210. The van der Waals surface area contributed by atoms with Crippen LogP contribution in [-0.4, -0.2) is 42.8 Å². The van der Waals surface area contributed by atoms with Gasteiger partial charge in [-0.05, 0) is 47.6 Å². The Labute approximate surface area is 279 Å². The number of nitrogens with zero attached hydrogens (tertiary/aromatic N) is 8. The summed E-state index contributed by atoms with van der Waals surface area (Å²) in [5, 5.41) is 10.9. The first-order chi connectivity index (χ1) is 21.5. The molecule has 250 valence electrons. The van der Waals surface area contributed by atoms with E-state index < -0.39 is 0 Å². The lowest BCUT2D eigenvalue weighted by molar-refractivity contribution is -0.714. The molecular formula is C36H60B2N8. The predicted octanol–water partition coefficient (Wildman–Crippen LogP) is 7.42. The van der Waals surface area contributed by atoms with E-state index in [1.165, 1.54) is 34.2 Å². The van der Waals surface area contributed by atoms with Crippen LogP contribution < -0.4 is 9.19 Å². The van der Waals surface area contributed by atoms with Gasteiger partial charge in [0.05, 0.1) is 11.4 Å². The van der Waals surface area contributed by atoms with E-state index in [0.29, 0.717) is 47.3 Å². The van der Waals surface area contributed by atoms with Crippen LogP contribution in [0.2, 0.25) is 0 Å². The second kappa shape index (κ2) is 12.5. The number of fused-ring (bicyclic) bond motifs is 2. The van der Waals surface area contributed by atoms with E-state index in [0.717, 1.165) is 11.4 Å². The topological polar surface area (TPSA) is 53.3 Å². The Balaban J connectivity index is 2.04. The highest BCUT2D eigenvalue weighted by atomic mass is 15.6. The molecule has 2 radical (unpaired) electrons. The standard InChI is InChI=1S/C36H60B2N8/c1-21(2)29-17-31(23(5)6)41(39-29)37-43-33(25(9)10)19-35(27(13)14)45(43)38(42-32(24(7)8)18-30(40-42)22(3)4)46-36(28(15)16)20-34(26(11)12)44(37)46/h17-28H,1-16H3. The monoisotopic (exact) mass is 627 g/mol. The van der Waals surface area contributed by atoms with Crippen LogP contribution in [0.15, 0.2) is 24.3 Å². The molecule has 0 unspecified atom stereocenters. The van der Waals surface area contributed by atoms with Gasteiger partial charge in [-0.1, -0.05) is 111 Å². The SMILES string of the molecule is CC(C)c1cc(C(C)C)n([B@-]2n3c(C(C)C)cc(C(C)C)[n+]3[B@-](n3nc(C(C)C)cc3C(C)C)n3c(C(C)C)cc(C(C)C)[n+]32)n1. The second-order valence-electron chi connectivity index (χ2n) is 16.2. The minimum Gasteiger partial charge on any atom is -0.371 e. The summed E-state index contributed by atoms with van der Waals surface area (Å²) in [6.07, 6.45) is 0. The lowest BCUT2D eigenvalue weighted by Crippen LogP contribution is -2.87. The number of hydrogen-bond donors (Lipinski definition) is 0. The zero-order valence-corrected chi connectivity index (χ0v) is 31.7. The molecule has 0 N–H and O–H groups in total. The lowest BCUT2D eigenvalue weighted by atomic mass is 9.83. The molecule has 4 aromatic heterocycles. The number of aromatic nitrogens is 8. The van der Waals surface area contributed by atoms with Crippen molar-refractivity contribution < 1.29 is 9.19 Å². The van der Waals surface area contributed by atoms with Crippen LogP contribution in [0.1, 0.15) is 204 Å². The van der Waals surface area contributed by atoms with Crippen molar-refractivity contribution in [2.75, 3.05) is 0 Å². The van der Waals surface area contributed by atoms with Crippen molar-refractivity contribution in [1.29, 1.82) is 0 Å². The fourth-order valence-electron chi connectivity index (χ4n) is 7.04. The molecule has 0 amide bonds. The molecule has 1 aliphatic heterocycles. The Hall–Kier alpha value is -3.03. The predicted molar refractivity (Wildman–Crippen MR) is 190 cm³/mol. The van der Waals surface area contributed by atoms with E-state index in [1.54, 1.807) is 0 Å². The summed E-state index contributed by atoms with van der Waals surface area (Å²) in [5.41, 5.74) is 10.1. The van der Waals surface area contributed by atoms with Crippen molar-refractivity contribution in [2.45, 2.75) is 158 Å². The molecule has 0 bridgehead atoms. The summed E-state index contributed by atoms with van der Waals surface area (Å²) in [6.45, 7) is 36.9. The van der Waals surface area contributed by atoms with Crippen LogP contribution >= 0.6 is 0 Å². The highest BCUT2D eigenvalue weighted by Gasteiger charge is 2.48. The molecule has 0 aromatic carbocycles. The van der Waals surface area contributed by atoms with Crippen LogP contribution in [0, 0.1) is 0 Å². The maximum atomic E-state index is 5.46. The summed E-state index contributed by atoms with van der Waals surface area (Å²) < 4.78 is 15.0. The van der Waals surface area contributed by atoms with E-state index in [-0.39, 0.29) is 14.2 Å². The van der Waals surface area contributed by atoms with Gasteiger partial charge < -0.3 is 18.4 Å². The Morgan fingerprint density at radius 2 is 0.717 bits per heavy atom. The quantitative estimate of drug-likeness (QED) is 0.152. The first-order valence-corrected chi connectivity index (χ1v) is 18.0. The van der Waals surface area contributed by atoms with Gasteiger partial charge in [-0.25, -0.2) is 10.2 Å². The van der Waals surface area contributed by atoms with Crippen LogP contribution in [0.4, 0.5) is 0 Å². The Morgan fingerprint density at radius 1 is 0.413 bits per heavy atom. The highest BCUT2D eigenvalue weighted by Crippen LogP contribution is 2.30. The van der Waals surface area contributed by atoms with Gasteiger partial charge in [0.15, 0.2) is 11.4 Å². The smallest absolute Gasteiger partial charge is 0.371 e. The summed E-state index contributed by atoms with van der Waals surface area (Å²) in [4.78, 5) is 0. The van der Waals surface area contributed by atoms with Crippen molar-refractivity contribution in [3.05, 3.63) is 69.8 Å². The molecule has 10 heteroatoms. The van der Waals surface area contributed by atoms with Crippen molar-refractivity contribution in [1.82, 2.24) is 28.6 Å². The Bertz CT molecular complexity index is 1510. The molecule has 0 saturated heterocycles. The molecule has 0 saturated carbocycles. The van der Waals surface area contributed by atoms with Crippen molar-refractivity contribution in [2.24, 2.45) is 0 Å². The molecule has 0 atom stereocenters. The summed E-state index contributed by atoms with van der Waals surface area (Å²) in [7, 11) is -0.419. The fraction of sp³-hybridized carbons (Fsp3) is 0.667. The molecule has 8 nitrogen and oxygen atoms in total. The molecule has 0 spiro atoms. The third-order valence-corrected chi connectivity index (χ3v) is 9.73. The molecule has 4 aromatic rings. The van der Waals surface area contributed by atoms with Gasteiger partial charge in [0.2, 0.25) is 0 Å². The normalized spacial score (nSPS) is 14.6. The zero-order valence-electron chi connectivity index (χ0n) is 31.7. The molecule has 0 aliphatic carbocycles. The third kappa shape index (κ3) is 5.51. The maximum Gasteiger partial charge on any atom is 0.543 e. The average Bonchev–Trinajstić information content (AvgIpc) is 3.73. The van der Waals surface area contributed by atoms with Gasteiger partial charge in [-0.15, -0.1) is 0 Å². The molecule has 46 heavy (non-hydrogen) atoms. The van der Waals surface area contributed by atoms with Gasteiger partial charge in [-0.3, -0.25) is 9.19 Å². The molecule has 5 heterocycles. The number of hydrogen-bond acceptors (Lipinski definition) is 2. The highest BCUT2D eigenvalue weighted by molar-refractivity contribution is 6.51. The van der Waals surface area contributed by atoms with Crippen LogP contribution in [-0.2, 0) is 0 Å². The minimum absolute atomic E-state index is 0.210. The van der Waals surface area contributed by atoms with E-state index >= 15 is 0 Å². The van der Waals surface area contributed by atoms with Crippen molar-refractivity contribution in [3.8, 4) is 0 Å². The second-order valence-corrected chi connectivity index (χ2v) is 16.2. The van der Waals surface area contributed by atoms with Gasteiger partial charge in [0.1, 0.15) is 0 Å². The first-order valence-electron chi connectivity index (χ1n) is 18.0.